The molecule has 2 aromatic carbocycles. The summed E-state index contributed by atoms with van der Waals surface area (Å²) in [6, 6.07) is 11.2. The maximum absolute atomic E-state index is 11.5. The Morgan fingerprint density at radius 3 is 2.75 bits per heavy atom. The Hall–Kier alpha value is -2.53. The van der Waals surface area contributed by atoms with Gasteiger partial charge in [0.25, 0.3) is 5.69 Å². The van der Waals surface area contributed by atoms with Gasteiger partial charge in [-0.15, -0.1) is 0 Å². The van der Waals surface area contributed by atoms with Gasteiger partial charge >= 0.3 is 0 Å². The van der Waals surface area contributed by atoms with Gasteiger partial charge in [-0.25, -0.2) is 0 Å². The normalized spacial score (nSPS) is 24.1. The third kappa shape index (κ3) is 2.16. The van der Waals surface area contributed by atoms with Crippen molar-refractivity contribution in [3.8, 4) is 5.75 Å². The monoisotopic (exact) mass is 342 g/mol. The lowest BCUT2D eigenvalue weighted by molar-refractivity contribution is -0.385. The second-order valence-corrected chi connectivity index (χ2v) is 6.57. The van der Waals surface area contributed by atoms with Crippen molar-refractivity contribution in [2.24, 2.45) is 5.92 Å². The quantitative estimate of drug-likeness (QED) is 0.356. The molecule has 2 N–H and O–H groups in total. The molecule has 0 amide bonds. The smallest absolute Gasteiger partial charge is 0.293 e. The van der Waals surface area contributed by atoms with Crippen molar-refractivity contribution >= 4 is 23.0 Å². The number of anilines is 1. The first-order chi connectivity index (χ1) is 11.6. The van der Waals surface area contributed by atoms with Gasteiger partial charge in [-0.3, -0.25) is 10.1 Å². The van der Waals surface area contributed by atoms with E-state index in [1.807, 2.05) is 42.5 Å². The van der Waals surface area contributed by atoms with Crippen molar-refractivity contribution in [1.82, 2.24) is 0 Å². The highest BCUT2D eigenvalue weighted by atomic mass is 35.5. The molecule has 3 atom stereocenters. The third-order valence-corrected chi connectivity index (χ3v) is 5.17. The standard InChI is InChI=1S/C18H15ClN2O3/c19-13-9-14(22)17-15(18(13)21(23)24)11-7-4-8-12(11)16(20-17)10-5-2-1-3-6-10/h1-7,9,11-12,16,20,22H,8H2/t11-,12-,16+/m0/s1. The summed E-state index contributed by atoms with van der Waals surface area (Å²) in [6.07, 6.45) is 4.86. The summed E-state index contributed by atoms with van der Waals surface area (Å²) in [5.41, 5.74) is 1.87. The van der Waals surface area contributed by atoms with Crippen LogP contribution >= 0.6 is 11.6 Å². The number of phenols is 1. The molecule has 2 aliphatic rings. The van der Waals surface area contributed by atoms with Gasteiger partial charge in [0.1, 0.15) is 10.8 Å². The number of nitro groups is 1. The molecular weight excluding hydrogens is 328 g/mol. The van der Waals surface area contributed by atoms with Crippen LogP contribution in [0.1, 0.15) is 29.5 Å². The van der Waals surface area contributed by atoms with E-state index < -0.39 is 4.92 Å². The lowest BCUT2D eigenvalue weighted by Gasteiger charge is -2.37. The number of benzene rings is 2. The number of aromatic hydroxyl groups is 1. The summed E-state index contributed by atoms with van der Waals surface area (Å²) in [7, 11) is 0. The topological polar surface area (TPSA) is 75.4 Å². The lowest BCUT2D eigenvalue weighted by Crippen LogP contribution is -2.29. The summed E-state index contributed by atoms with van der Waals surface area (Å²) >= 11 is 6.05. The molecule has 6 heteroatoms. The van der Waals surface area contributed by atoms with Gasteiger partial charge in [0.2, 0.25) is 0 Å². The van der Waals surface area contributed by atoms with Crippen molar-refractivity contribution in [3.05, 3.63) is 74.8 Å². The molecule has 0 fully saturated rings. The predicted octanol–water partition coefficient (Wildman–Crippen LogP) is 4.78. The van der Waals surface area contributed by atoms with Crippen LogP contribution in [0.15, 0.2) is 48.6 Å². The highest BCUT2D eigenvalue weighted by Crippen LogP contribution is 2.56. The van der Waals surface area contributed by atoms with Crippen molar-refractivity contribution in [3.63, 3.8) is 0 Å². The van der Waals surface area contributed by atoms with Gasteiger partial charge in [0.05, 0.1) is 22.2 Å². The largest absolute Gasteiger partial charge is 0.506 e. The molecule has 24 heavy (non-hydrogen) atoms. The fraction of sp³-hybridized carbons (Fsp3) is 0.222. The van der Waals surface area contributed by atoms with E-state index in [1.165, 1.54) is 6.07 Å². The Labute approximate surface area is 143 Å². The minimum absolute atomic E-state index is 0.0228. The lowest BCUT2D eigenvalue weighted by atomic mass is 9.76. The second kappa shape index (κ2) is 5.53. The summed E-state index contributed by atoms with van der Waals surface area (Å²) in [4.78, 5) is 11.1. The molecule has 1 aliphatic carbocycles. The SMILES string of the molecule is O=[N+]([O-])c1c(Cl)cc(O)c2c1[C@H]1C=CC[C@@H]1[C@@H](c1ccccc1)N2. The molecular formula is C18H15ClN2O3. The van der Waals surface area contributed by atoms with Crippen molar-refractivity contribution in [2.75, 3.05) is 5.32 Å². The summed E-state index contributed by atoms with van der Waals surface area (Å²) in [5.74, 6) is -0.0480. The van der Waals surface area contributed by atoms with E-state index in [2.05, 4.69) is 5.32 Å². The second-order valence-electron chi connectivity index (χ2n) is 6.16. The van der Waals surface area contributed by atoms with E-state index in [0.29, 0.717) is 11.3 Å². The van der Waals surface area contributed by atoms with Crippen molar-refractivity contribution < 1.29 is 10.0 Å². The number of allylic oxidation sites excluding steroid dienone is 2. The zero-order valence-electron chi connectivity index (χ0n) is 12.6. The van der Waals surface area contributed by atoms with Gasteiger partial charge < -0.3 is 10.4 Å². The molecule has 4 rings (SSSR count). The molecule has 2 aromatic rings. The fourth-order valence-electron chi connectivity index (χ4n) is 3.89. The highest BCUT2D eigenvalue weighted by molar-refractivity contribution is 6.33. The van der Waals surface area contributed by atoms with Crippen LogP contribution in [-0.4, -0.2) is 10.0 Å². The molecule has 122 valence electrons. The minimum atomic E-state index is -0.464. The predicted molar refractivity (Wildman–Crippen MR) is 92.6 cm³/mol. The Kier molecular flexibility index (Phi) is 3.46. The van der Waals surface area contributed by atoms with Crippen LogP contribution in [0.4, 0.5) is 11.4 Å². The van der Waals surface area contributed by atoms with Gasteiger partial charge in [-0.05, 0) is 17.9 Å². The first-order valence-corrected chi connectivity index (χ1v) is 8.13. The van der Waals surface area contributed by atoms with Gasteiger partial charge in [0, 0.05) is 12.0 Å². The zero-order valence-corrected chi connectivity index (χ0v) is 13.4. The molecule has 0 spiro atoms. The van der Waals surface area contributed by atoms with Crippen LogP contribution in [0.5, 0.6) is 5.75 Å². The molecule has 5 nitrogen and oxygen atoms in total. The Morgan fingerprint density at radius 2 is 2.04 bits per heavy atom. The van der Waals surface area contributed by atoms with E-state index in [1.54, 1.807) is 0 Å². The number of nitro benzene ring substituents is 1. The number of halogens is 1. The first-order valence-electron chi connectivity index (χ1n) is 7.76. The van der Waals surface area contributed by atoms with E-state index in [-0.39, 0.29) is 34.3 Å². The molecule has 1 heterocycles. The average molecular weight is 343 g/mol. The zero-order chi connectivity index (χ0) is 16.8. The number of hydrogen-bond acceptors (Lipinski definition) is 4. The Balaban J connectivity index is 1.92. The van der Waals surface area contributed by atoms with Crippen LogP contribution in [0, 0.1) is 16.0 Å². The average Bonchev–Trinajstić information content (AvgIpc) is 3.04. The molecule has 0 bridgehead atoms. The van der Waals surface area contributed by atoms with Crippen LogP contribution in [0.3, 0.4) is 0 Å². The first kappa shape index (κ1) is 15.0. The van der Waals surface area contributed by atoms with Crippen LogP contribution in [-0.2, 0) is 0 Å². The maximum atomic E-state index is 11.5. The van der Waals surface area contributed by atoms with E-state index in [9.17, 15) is 15.2 Å². The van der Waals surface area contributed by atoms with E-state index >= 15 is 0 Å². The number of nitrogens with zero attached hydrogens (tertiary/aromatic N) is 1. The van der Waals surface area contributed by atoms with Crippen LogP contribution in [0.25, 0.3) is 0 Å². The number of nitrogens with one attached hydrogen (secondary N) is 1. The summed E-state index contributed by atoms with van der Waals surface area (Å²) in [6.45, 7) is 0. The van der Waals surface area contributed by atoms with Gasteiger partial charge in [-0.1, -0.05) is 54.1 Å². The number of phenolic OH excluding ortho intramolecular Hbond substituents is 1. The van der Waals surface area contributed by atoms with Crippen LogP contribution < -0.4 is 5.32 Å². The van der Waals surface area contributed by atoms with Crippen molar-refractivity contribution in [1.29, 1.82) is 0 Å². The fourth-order valence-corrected chi connectivity index (χ4v) is 4.16. The highest BCUT2D eigenvalue weighted by Gasteiger charge is 2.43. The summed E-state index contributed by atoms with van der Waals surface area (Å²) in [5, 5.41) is 25.2. The maximum Gasteiger partial charge on any atom is 0.293 e. The van der Waals surface area contributed by atoms with Gasteiger partial charge in [0.15, 0.2) is 0 Å². The Morgan fingerprint density at radius 1 is 1.29 bits per heavy atom. The van der Waals surface area contributed by atoms with E-state index in [4.69, 9.17) is 11.6 Å². The van der Waals surface area contributed by atoms with Gasteiger partial charge in [-0.2, -0.15) is 0 Å². The molecule has 0 unspecified atom stereocenters. The molecule has 1 aliphatic heterocycles. The molecule has 0 aromatic heterocycles. The Bertz CT molecular complexity index is 851. The number of rotatable bonds is 2. The van der Waals surface area contributed by atoms with Crippen molar-refractivity contribution in [2.45, 2.75) is 18.4 Å². The van der Waals surface area contributed by atoms with Crippen LogP contribution in [0.2, 0.25) is 5.02 Å². The molecule has 0 radical (unpaired) electrons. The molecule has 0 saturated carbocycles. The summed E-state index contributed by atoms with van der Waals surface area (Å²) < 4.78 is 0. The number of fused-ring (bicyclic) bond motifs is 3. The minimum Gasteiger partial charge on any atom is -0.506 e. The molecule has 0 saturated heterocycles. The third-order valence-electron chi connectivity index (χ3n) is 4.89. The number of hydrogen-bond donors (Lipinski definition) is 2. The van der Waals surface area contributed by atoms with E-state index in [0.717, 1.165) is 12.0 Å².